The molecule has 3 heteroatoms. The van der Waals surface area contributed by atoms with Crippen molar-refractivity contribution in [3.63, 3.8) is 0 Å². The first-order chi connectivity index (χ1) is 7.42. The van der Waals surface area contributed by atoms with Crippen molar-refractivity contribution < 1.29 is 4.74 Å². The van der Waals surface area contributed by atoms with Gasteiger partial charge in [0.25, 0.3) is 0 Å². The van der Waals surface area contributed by atoms with Gasteiger partial charge in [-0.1, -0.05) is 32.4 Å². The first-order valence-electron chi connectivity index (χ1n) is 5.45. The van der Waals surface area contributed by atoms with E-state index in [1.807, 2.05) is 18.2 Å². The maximum absolute atomic E-state index is 5.96. The van der Waals surface area contributed by atoms with Gasteiger partial charge in [-0.15, -0.1) is 0 Å². The molecule has 0 amide bonds. The quantitative estimate of drug-likeness (QED) is 0.872. The van der Waals surface area contributed by atoms with E-state index in [2.05, 4.69) is 26.1 Å². The largest absolute Gasteiger partial charge is 0.496 e. The third-order valence-electron chi connectivity index (χ3n) is 2.21. The summed E-state index contributed by atoms with van der Waals surface area (Å²) >= 11 is 5.96. The molecule has 1 rings (SSSR count). The van der Waals surface area contributed by atoms with Crippen molar-refractivity contribution in [3.05, 3.63) is 28.8 Å². The van der Waals surface area contributed by atoms with Gasteiger partial charge in [0.05, 0.1) is 7.11 Å². The molecule has 0 spiro atoms. The molecule has 0 aliphatic carbocycles. The standard InChI is InChI=1S/C13H20ClNO/c1-13(2,3)9-15-8-10-7-11(14)5-6-12(10)16-4/h5-7,15H,8-9H2,1-4H3. The highest BCUT2D eigenvalue weighted by Crippen LogP contribution is 2.22. The number of rotatable bonds is 4. The molecule has 0 fully saturated rings. The second-order valence-corrected chi connectivity index (χ2v) is 5.56. The van der Waals surface area contributed by atoms with Crippen LogP contribution in [0.2, 0.25) is 5.02 Å². The molecule has 1 aromatic carbocycles. The molecule has 0 saturated carbocycles. The van der Waals surface area contributed by atoms with E-state index in [4.69, 9.17) is 16.3 Å². The van der Waals surface area contributed by atoms with Crippen molar-refractivity contribution in [3.8, 4) is 5.75 Å². The van der Waals surface area contributed by atoms with Gasteiger partial charge in [0.15, 0.2) is 0 Å². The van der Waals surface area contributed by atoms with E-state index < -0.39 is 0 Å². The number of hydrogen-bond donors (Lipinski definition) is 1. The smallest absolute Gasteiger partial charge is 0.123 e. The van der Waals surface area contributed by atoms with Gasteiger partial charge in [-0.25, -0.2) is 0 Å². The summed E-state index contributed by atoms with van der Waals surface area (Å²) in [5.74, 6) is 0.880. The van der Waals surface area contributed by atoms with Gasteiger partial charge in [0, 0.05) is 23.7 Å². The number of ether oxygens (including phenoxy) is 1. The Hall–Kier alpha value is -0.730. The van der Waals surface area contributed by atoms with Gasteiger partial charge in [0.1, 0.15) is 5.75 Å². The second-order valence-electron chi connectivity index (χ2n) is 5.12. The van der Waals surface area contributed by atoms with Crippen LogP contribution >= 0.6 is 11.6 Å². The van der Waals surface area contributed by atoms with Crippen LogP contribution in [-0.2, 0) is 6.54 Å². The van der Waals surface area contributed by atoms with Crippen molar-refractivity contribution in [2.45, 2.75) is 27.3 Å². The van der Waals surface area contributed by atoms with Gasteiger partial charge in [-0.2, -0.15) is 0 Å². The number of nitrogens with one attached hydrogen (secondary N) is 1. The van der Waals surface area contributed by atoms with Crippen LogP contribution in [0.1, 0.15) is 26.3 Å². The maximum atomic E-state index is 5.96. The number of methoxy groups -OCH3 is 1. The fourth-order valence-corrected chi connectivity index (χ4v) is 1.65. The molecule has 1 aromatic rings. The third-order valence-corrected chi connectivity index (χ3v) is 2.45. The highest BCUT2D eigenvalue weighted by molar-refractivity contribution is 6.30. The summed E-state index contributed by atoms with van der Waals surface area (Å²) < 4.78 is 5.28. The molecule has 90 valence electrons. The zero-order valence-electron chi connectivity index (χ0n) is 10.4. The lowest BCUT2D eigenvalue weighted by molar-refractivity contribution is 0.373. The lowest BCUT2D eigenvalue weighted by Crippen LogP contribution is -2.26. The van der Waals surface area contributed by atoms with E-state index in [1.165, 1.54) is 0 Å². The number of hydrogen-bond acceptors (Lipinski definition) is 2. The molecule has 2 nitrogen and oxygen atoms in total. The lowest BCUT2D eigenvalue weighted by Gasteiger charge is -2.19. The molecular weight excluding hydrogens is 222 g/mol. The van der Waals surface area contributed by atoms with Crippen LogP contribution in [0.5, 0.6) is 5.75 Å². The monoisotopic (exact) mass is 241 g/mol. The van der Waals surface area contributed by atoms with E-state index in [0.29, 0.717) is 0 Å². The van der Waals surface area contributed by atoms with Gasteiger partial charge < -0.3 is 10.1 Å². The normalized spacial score (nSPS) is 11.6. The summed E-state index contributed by atoms with van der Waals surface area (Å²) in [6, 6.07) is 5.68. The van der Waals surface area contributed by atoms with Crippen molar-refractivity contribution in [2.24, 2.45) is 5.41 Å². The summed E-state index contributed by atoms with van der Waals surface area (Å²) in [7, 11) is 1.68. The molecule has 16 heavy (non-hydrogen) atoms. The Kier molecular flexibility index (Phi) is 4.63. The minimum atomic E-state index is 0.284. The molecule has 0 aliphatic heterocycles. The van der Waals surface area contributed by atoms with Crippen molar-refractivity contribution >= 4 is 11.6 Å². The minimum Gasteiger partial charge on any atom is -0.496 e. The average Bonchev–Trinajstić information content (AvgIpc) is 2.16. The van der Waals surface area contributed by atoms with Crippen LogP contribution in [0.25, 0.3) is 0 Å². The summed E-state index contributed by atoms with van der Waals surface area (Å²) in [6.45, 7) is 8.35. The van der Waals surface area contributed by atoms with Crippen LogP contribution in [0, 0.1) is 5.41 Å². The van der Waals surface area contributed by atoms with Crippen LogP contribution in [0.3, 0.4) is 0 Å². The molecular formula is C13H20ClNO. The summed E-state index contributed by atoms with van der Waals surface area (Å²) in [6.07, 6.45) is 0. The second kappa shape index (κ2) is 5.55. The van der Waals surface area contributed by atoms with Crippen LogP contribution < -0.4 is 10.1 Å². The SMILES string of the molecule is COc1ccc(Cl)cc1CNCC(C)(C)C. The Labute approximate surface area is 103 Å². The Morgan fingerprint density at radius 1 is 1.31 bits per heavy atom. The van der Waals surface area contributed by atoms with E-state index in [1.54, 1.807) is 7.11 Å². The van der Waals surface area contributed by atoms with Crippen LogP contribution in [0.15, 0.2) is 18.2 Å². The summed E-state index contributed by atoms with van der Waals surface area (Å²) in [4.78, 5) is 0. The van der Waals surface area contributed by atoms with E-state index >= 15 is 0 Å². The van der Waals surface area contributed by atoms with Gasteiger partial charge in [-0.3, -0.25) is 0 Å². The molecule has 0 heterocycles. The molecule has 0 aromatic heterocycles. The first kappa shape index (κ1) is 13.3. The summed E-state index contributed by atoms with van der Waals surface area (Å²) in [5, 5.41) is 4.15. The highest BCUT2D eigenvalue weighted by Gasteiger charge is 2.10. The van der Waals surface area contributed by atoms with Gasteiger partial charge >= 0.3 is 0 Å². The molecule has 0 atom stereocenters. The Bertz CT molecular complexity index is 344. The van der Waals surface area contributed by atoms with Gasteiger partial charge in [0.2, 0.25) is 0 Å². The predicted molar refractivity (Wildman–Crippen MR) is 69.2 cm³/mol. The fourth-order valence-electron chi connectivity index (χ4n) is 1.46. The molecule has 0 radical (unpaired) electrons. The maximum Gasteiger partial charge on any atom is 0.123 e. The Morgan fingerprint density at radius 3 is 2.56 bits per heavy atom. The lowest BCUT2D eigenvalue weighted by atomic mass is 9.97. The number of benzene rings is 1. The fraction of sp³-hybridized carbons (Fsp3) is 0.538. The van der Waals surface area contributed by atoms with E-state index in [9.17, 15) is 0 Å². The molecule has 0 unspecified atom stereocenters. The van der Waals surface area contributed by atoms with E-state index in [0.717, 1.165) is 29.4 Å². The summed E-state index contributed by atoms with van der Waals surface area (Å²) in [5.41, 5.74) is 1.38. The van der Waals surface area contributed by atoms with Crippen LogP contribution in [0.4, 0.5) is 0 Å². The first-order valence-corrected chi connectivity index (χ1v) is 5.83. The zero-order valence-corrected chi connectivity index (χ0v) is 11.2. The Balaban J connectivity index is 2.62. The van der Waals surface area contributed by atoms with Crippen molar-refractivity contribution in [2.75, 3.05) is 13.7 Å². The van der Waals surface area contributed by atoms with Crippen molar-refractivity contribution in [1.82, 2.24) is 5.32 Å². The highest BCUT2D eigenvalue weighted by atomic mass is 35.5. The predicted octanol–water partition coefficient (Wildman–Crippen LogP) is 3.48. The van der Waals surface area contributed by atoms with Crippen LogP contribution in [-0.4, -0.2) is 13.7 Å². The molecule has 1 N–H and O–H groups in total. The van der Waals surface area contributed by atoms with Gasteiger partial charge in [-0.05, 0) is 23.6 Å². The van der Waals surface area contributed by atoms with Crippen molar-refractivity contribution in [1.29, 1.82) is 0 Å². The molecule has 0 aliphatic rings. The zero-order chi connectivity index (χ0) is 12.2. The third kappa shape index (κ3) is 4.42. The Morgan fingerprint density at radius 2 is 2.00 bits per heavy atom. The molecule has 0 saturated heterocycles. The minimum absolute atomic E-state index is 0.284. The molecule has 0 bridgehead atoms. The average molecular weight is 242 g/mol. The topological polar surface area (TPSA) is 21.3 Å². The number of halogens is 1. The van der Waals surface area contributed by atoms with E-state index in [-0.39, 0.29) is 5.41 Å².